The van der Waals surface area contributed by atoms with Gasteiger partial charge in [0.15, 0.2) is 0 Å². The maximum atomic E-state index is 3.72. The first-order valence-corrected chi connectivity index (χ1v) is 17.5. The maximum Gasteiger partial charge on any atom is 0.0701 e. The van der Waals surface area contributed by atoms with E-state index < -0.39 is 5.41 Å². The van der Waals surface area contributed by atoms with E-state index in [1.165, 1.54) is 49.6 Å². The number of fused-ring (bicyclic) bond motifs is 3. The van der Waals surface area contributed by atoms with E-state index in [4.69, 9.17) is 0 Å². The Hall–Kier alpha value is -6.64. The van der Waals surface area contributed by atoms with Gasteiger partial charge in [0.2, 0.25) is 0 Å². The summed E-state index contributed by atoms with van der Waals surface area (Å²) in [6.45, 7) is 0. The van der Waals surface area contributed by atoms with Crippen LogP contribution < -0.4 is 5.32 Å². The average Bonchev–Trinajstić information content (AvgIpc) is 3.54. The Labute approximate surface area is 298 Å². The molecular formula is C49H36N2. The van der Waals surface area contributed by atoms with Gasteiger partial charge in [0.25, 0.3) is 0 Å². The van der Waals surface area contributed by atoms with Crippen LogP contribution in [0.15, 0.2) is 212 Å². The van der Waals surface area contributed by atoms with Gasteiger partial charge in [0.1, 0.15) is 0 Å². The van der Waals surface area contributed by atoms with E-state index in [9.17, 15) is 0 Å². The number of para-hydroxylation sites is 2. The summed E-state index contributed by atoms with van der Waals surface area (Å²) in [5, 5.41) is 6.21. The summed E-state index contributed by atoms with van der Waals surface area (Å²) in [5.74, 6) is 0. The van der Waals surface area contributed by atoms with Crippen LogP contribution in [-0.2, 0) is 5.41 Å². The molecule has 51 heavy (non-hydrogen) atoms. The molecular weight excluding hydrogens is 617 g/mol. The van der Waals surface area contributed by atoms with E-state index in [2.05, 4.69) is 222 Å². The second kappa shape index (κ2) is 13.0. The van der Waals surface area contributed by atoms with Crippen molar-refractivity contribution in [2.24, 2.45) is 0 Å². The first-order chi connectivity index (χ1) is 25.3. The van der Waals surface area contributed by atoms with Crippen molar-refractivity contribution in [1.29, 1.82) is 0 Å². The van der Waals surface area contributed by atoms with Crippen molar-refractivity contribution in [3.63, 3.8) is 0 Å². The fourth-order valence-electron chi connectivity index (χ4n) is 7.82. The van der Waals surface area contributed by atoms with Crippen LogP contribution in [-0.4, -0.2) is 4.57 Å². The number of rotatable bonds is 8. The molecule has 0 bridgehead atoms. The minimum atomic E-state index is -0.466. The Morgan fingerprint density at radius 2 is 0.843 bits per heavy atom. The minimum Gasteiger partial charge on any atom is -0.355 e. The van der Waals surface area contributed by atoms with Crippen LogP contribution in [0.2, 0.25) is 0 Å². The zero-order chi connectivity index (χ0) is 34.0. The molecule has 0 atom stereocenters. The number of nitrogens with zero attached hydrogens (tertiary/aromatic N) is 1. The Kier molecular flexibility index (Phi) is 7.75. The monoisotopic (exact) mass is 652 g/mol. The molecule has 0 aliphatic carbocycles. The molecule has 242 valence electrons. The van der Waals surface area contributed by atoms with Crippen LogP contribution in [0.3, 0.4) is 0 Å². The van der Waals surface area contributed by atoms with E-state index >= 15 is 0 Å². The van der Waals surface area contributed by atoms with Crippen molar-refractivity contribution in [2.45, 2.75) is 5.41 Å². The zero-order valence-corrected chi connectivity index (χ0v) is 28.2. The Balaban J connectivity index is 1.09. The highest BCUT2D eigenvalue weighted by molar-refractivity contribution is 6.10. The summed E-state index contributed by atoms with van der Waals surface area (Å²) >= 11 is 0. The molecule has 8 aromatic carbocycles. The Bertz CT molecular complexity index is 2470. The predicted molar refractivity (Wildman–Crippen MR) is 214 cm³/mol. The predicted octanol–water partition coefficient (Wildman–Crippen LogP) is 12.6. The fourth-order valence-corrected chi connectivity index (χ4v) is 7.82. The Morgan fingerprint density at radius 1 is 0.333 bits per heavy atom. The first kappa shape index (κ1) is 30.4. The number of aromatic nitrogens is 1. The van der Waals surface area contributed by atoms with Crippen molar-refractivity contribution in [3.8, 4) is 16.8 Å². The zero-order valence-electron chi connectivity index (χ0n) is 28.2. The lowest BCUT2D eigenvalue weighted by Crippen LogP contribution is -2.30. The average molecular weight is 653 g/mol. The molecule has 2 heteroatoms. The van der Waals surface area contributed by atoms with Gasteiger partial charge >= 0.3 is 0 Å². The number of nitrogens with one attached hydrogen (secondary N) is 1. The minimum absolute atomic E-state index is 0.466. The molecule has 2 nitrogen and oxygen atoms in total. The van der Waals surface area contributed by atoms with Crippen molar-refractivity contribution in [2.75, 3.05) is 5.32 Å². The quantitative estimate of drug-likeness (QED) is 0.162. The smallest absolute Gasteiger partial charge is 0.0701 e. The molecule has 0 amide bonds. The lowest BCUT2D eigenvalue weighted by molar-refractivity contribution is 0.745. The molecule has 0 aliphatic rings. The molecule has 0 aliphatic heterocycles. The van der Waals surface area contributed by atoms with Crippen molar-refractivity contribution < 1.29 is 0 Å². The molecule has 1 heterocycles. The number of benzene rings is 8. The van der Waals surface area contributed by atoms with E-state index in [1.807, 2.05) is 0 Å². The largest absolute Gasteiger partial charge is 0.355 e. The summed E-state index contributed by atoms with van der Waals surface area (Å²) < 4.78 is 2.36. The molecule has 9 rings (SSSR count). The fraction of sp³-hybridized carbons (Fsp3) is 0.0204. The van der Waals surface area contributed by atoms with Gasteiger partial charge < -0.3 is 9.88 Å². The van der Waals surface area contributed by atoms with Gasteiger partial charge in [0, 0.05) is 27.8 Å². The van der Waals surface area contributed by atoms with Crippen LogP contribution in [0, 0.1) is 0 Å². The molecule has 0 saturated heterocycles. The second-order valence-corrected chi connectivity index (χ2v) is 13.1. The topological polar surface area (TPSA) is 17.0 Å². The summed E-state index contributed by atoms with van der Waals surface area (Å²) in [6.07, 6.45) is 0. The van der Waals surface area contributed by atoms with Gasteiger partial charge in [-0.3, -0.25) is 0 Å². The molecule has 0 radical (unpaired) electrons. The van der Waals surface area contributed by atoms with Crippen LogP contribution in [0.25, 0.3) is 38.6 Å². The number of hydrogen-bond acceptors (Lipinski definition) is 1. The normalized spacial score (nSPS) is 11.5. The molecule has 0 fully saturated rings. The van der Waals surface area contributed by atoms with Crippen LogP contribution in [0.1, 0.15) is 22.3 Å². The third-order valence-electron chi connectivity index (χ3n) is 10.1. The van der Waals surface area contributed by atoms with Gasteiger partial charge in [-0.05, 0) is 75.8 Å². The standard InChI is InChI=1S/C49H36N2/c1-5-17-38(18-6-1)49(39-19-7-2-8-20-39,40-21-9-3-10-22-40)41-30-28-36(29-31-41)37-16-15-23-42(34-37)50-43-32-33-46-45-26-13-14-27-47(45)51(48(46)35-43)44-24-11-4-12-25-44/h1-35,50H. The summed E-state index contributed by atoms with van der Waals surface area (Å²) in [7, 11) is 0. The van der Waals surface area contributed by atoms with Gasteiger partial charge in [-0.15, -0.1) is 0 Å². The van der Waals surface area contributed by atoms with Crippen molar-refractivity contribution >= 4 is 33.2 Å². The van der Waals surface area contributed by atoms with E-state index in [0.29, 0.717) is 0 Å². The SMILES string of the molecule is c1ccc(-n2c3ccccc3c3ccc(Nc4cccc(-c5ccc(C(c6ccccc6)(c6ccccc6)c6ccccc6)cc5)c4)cc32)cc1. The van der Waals surface area contributed by atoms with Gasteiger partial charge in [0.05, 0.1) is 16.4 Å². The summed E-state index contributed by atoms with van der Waals surface area (Å²) in [6, 6.07) is 76.4. The summed E-state index contributed by atoms with van der Waals surface area (Å²) in [4.78, 5) is 0. The highest BCUT2D eigenvalue weighted by atomic mass is 15.0. The Morgan fingerprint density at radius 3 is 1.47 bits per heavy atom. The van der Waals surface area contributed by atoms with Gasteiger partial charge in [-0.2, -0.15) is 0 Å². The van der Waals surface area contributed by atoms with E-state index in [1.54, 1.807) is 0 Å². The highest BCUT2D eigenvalue weighted by Gasteiger charge is 2.38. The highest BCUT2D eigenvalue weighted by Crippen LogP contribution is 2.45. The first-order valence-electron chi connectivity index (χ1n) is 17.5. The lowest BCUT2D eigenvalue weighted by atomic mass is 9.65. The van der Waals surface area contributed by atoms with Crippen molar-refractivity contribution in [3.05, 3.63) is 235 Å². The van der Waals surface area contributed by atoms with Crippen LogP contribution in [0.5, 0.6) is 0 Å². The third-order valence-corrected chi connectivity index (χ3v) is 10.1. The molecule has 0 spiro atoms. The van der Waals surface area contributed by atoms with Crippen LogP contribution in [0.4, 0.5) is 11.4 Å². The molecule has 0 unspecified atom stereocenters. The second-order valence-electron chi connectivity index (χ2n) is 13.1. The number of anilines is 2. The number of hydrogen-bond donors (Lipinski definition) is 1. The van der Waals surface area contributed by atoms with Gasteiger partial charge in [-0.25, -0.2) is 0 Å². The van der Waals surface area contributed by atoms with E-state index in [-0.39, 0.29) is 0 Å². The van der Waals surface area contributed by atoms with Crippen molar-refractivity contribution in [1.82, 2.24) is 4.57 Å². The van der Waals surface area contributed by atoms with Gasteiger partial charge in [-0.1, -0.05) is 170 Å². The maximum absolute atomic E-state index is 3.72. The molecule has 9 aromatic rings. The molecule has 0 saturated carbocycles. The molecule has 1 aromatic heterocycles. The third kappa shape index (κ3) is 5.39. The van der Waals surface area contributed by atoms with E-state index in [0.717, 1.165) is 22.6 Å². The lowest BCUT2D eigenvalue weighted by Gasteiger charge is -2.37. The van der Waals surface area contributed by atoms with Crippen LogP contribution >= 0.6 is 0 Å². The summed E-state index contributed by atoms with van der Waals surface area (Å²) in [5.41, 5.74) is 12.5. The molecule has 1 N–H and O–H groups in total.